The first-order valence-electron chi connectivity index (χ1n) is 4.46. The lowest BCUT2D eigenvalue weighted by atomic mass is 10.3. The van der Waals surface area contributed by atoms with Crippen molar-refractivity contribution < 1.29 is 4.74 Å². The Hall–Kier alpha value is -1.71. The van der Waals surface area contributed by atoms with Crippen molar-refractivity contribution in [1.82, 2.24) is 0 Å². The summed E-state index contributed by atoms with van der Waals surface area (Å²) in [5.74, 6) is 0.613. The van der Waals surface area contributed by atoms with Gasteiger partial charge in [0, 0.05) is 0 Å². The van der Waals surface area contributed by atoms with E-state index in [0.717, 1.165) is 0 Å². The van der Waals surface area contributed by atoms with Gasteiger partial charge in [-0.05, 0) is 26.0 Å². The topological polar surface area (TPSA) is 71.1 Å². The van der Waals surface area contributed by atoms with Crippen LogP contribution in [0.5, 0.6) is 5.75 Å². The highest BCUT2D eigenvalue weighted by Crippen LogP contribution is 2.24. The van der Waals surface area contributed by atoms with Gasteiger partial charge in [0.1, 0.15) is 5.75 Å². The van der Waals surface area contributed by atoms with E-state index < -0.39 is 0 Å². The van der Waals surface area contributed by atoms with Crippen LogP contribution in [0.4, 0.5) is 5.69 Å². The molecule has 0 amide bonds. The van der Waals surface area contributed by atoms with Crippen LogP contribution in [0.15, 0.2) is 24.3 Å². The van der Waals surface area contributed by atoms with Gasteiger partial charge in [0.05, 0.1) is 11.8 Å². The van der Waals surface area contributed by atoms with Crippen LogP contribution in [0.1, 0.15) is 13.8 Å². The molecule has 0 bridgehead atoms. The van der Waals surface area contributed by atoms with Crippen molar-refractivity contribution in [1.29, 1.82) is 5.41 Å². The summed E-state index contributed by atoms with van der Waals surface area (Å²) in [5, 5.41) is 9.84. The lowest BCUT2D eigenvalue weighted by Gasteiger charge is -2.14. The van der Waals surface area contributed by atoms with E-state index in [1.807, 2.05) is 38.1 Å². The average Bonchev–Trinajstić information content (AvgIpc) is 2.06. The fourth-order valence-corrected chi connectivity index (χ4v) is 1.07. The molecule has 0 aromatic heterocycles. The molecule has 0 unspecified atom stereocenters. The smallest absolute Gasteiger partial charge is 0.190 e. The van der Waals surface area contributed by atoms with Crippen molar-refractivity contribution in [3.63, 3.8) is 0 Å². The minimum absolute atomic E-state index is 0.0928. The molecule has 4 heteroatoms. The van der Waals surface area contributed by atoms with Gasteiger partial charge in [0.25, 0.3) is 0 Å². The largest absolute Gasteiger partial charge is 0.489 e. The molecule has 4 nitrogen and oxygen atoms in total. The number of hydrogen-bond acceptors (Lipinski definition) is 2. The van der Waals surface area contributed by atoms with E-state index in [9.17, 15) is 0 Å². The molecule has 0 radical (unpaired) electrons. The molecule has 0 aliphatic heterocycles. The highest BCUT2D eigenvalue weighted by Gasteiger charge is 2.04. The molecular weight excluding hydrogens is 178 g/mol. The Balaban J connectivity index is 2.85. The number of hydrogen-bond donors (Lipinski definition) is 3. The van der Waals surface area contributed by atoms with Gasteiger partial charge >= 0.3 is 0 Å². The molecule has 1 aromatic rings. The maximum atomic E-state index is 7.12. The van der Waals surface area contributed by atoms with Gasteiger partial charge < -0.3 is 15.8 Å². The third-order valence-corrected chi connectivity index (χ3v) is 1.52. The molecule has 0 atom stereocenters. The maximum absolute atomic E-state index is 7.12. The molecule has 0 heterocycles. The number of nitrogens with one attached hydrogen (secondary N) is 2. The normalized spacial score (nSPS) is 9.93. The fraction of sp³-hybridized carbons (Fsp3) is 0.300. The first kappa shape index (κ1) is 10.4. The summed E-state index contributed by atoms with van der Waals surface area (Å²) in [4.78, 5) is 0. The quantitative estimate of drug-likeness (QED) is 0.506. The summed E-state index contributed by atoms with van der Waals surface area (Å²) in [6, 6.07) is 7.39. The van der Waals surface area contributed by atoms with Gasteiger partial charge in [-0.25, -0.2) is 0 Å². The molecule has 0 aliphatic rings. The van der Waals surface area contributed by atoms with Gasteiger partial charge in [0.15, 0.2) is 5.96 Å². The Labute approximate surface area is 83.6 Å². The number of guanidine groups is 1. The van der Waals surface area contributed by atoms with E-state index in [4.69, 9.17) is 15.9 Å². The Morgan fingerprint density at radius 1 is 1.43 bits per heavy atom. The zero-order valence-corrected chi connectivity index (χ0v) is 8.37. The molecule has 0 aliphatic carbocycles. The van der Waals surface area contributed by atoms with Gasteiger partial charge in [-0.1, -0.05) is 12.1 Å². The number of benzene rings is 1. The zero-order valence-electron chi connectivity index (χ0n) is 8.37. The maximum Gasteiger partial charge on any atom is 0.190 e. The monoisotopic (exact) mass is 193 g/mol. The van der Waals surface area contributed by atoms with E-state index in [2.05, 4.69) is 5.32 Å². The van der Waals surface area contributed by atoms with Crippen molar-refractivity contribution in [2.24, 2.45) is 5.73 Å². The van der Waals surface area contributed by atoms with Crippen molar-refractivity contribution in [2.75, 3.05) is 5.32 Å². The summed E-state index contributed by atoms with van der Waals surface area (Å²) < 4.78 is 5.53. The van der Waals surface area contributed by atoms with E-state index in [-0.39, 0.29) is 12.1 Å². The van der Waals surface area contributed by atoms with Crippen molar-refractivity contribution in [3.05, 3.63) is 24.3 Å². The Bertz CT molecular complexity index is 323. The molecule has 0 saturated carbocycles. The molecule has 4 N–H and O–H groups in total. The van der Waals surface area contributed by atoms with E-state index in [0.29, 0.717) is 11.4 Å². The van der Waals surface area contributed by atoms with Crippen LogP contribution in [0.2, 0.25) is 0 Å². The lowest BCUT2D eigenvalue weighted by Crippen LogP contribution is -2.21. The van der Waals surface area contributed by atoms with E-state index >= 15 is 0 Å². The van der Waals surface area contributed by atoms with Crippen LogP contribution in [-0.4, -0.2) is 12.1 Å². The first-order valence-corrected chi connectivity index (χ1v) is 4.46. The molecule has 14 heavy (non-hydrogen) atoms. The number of anilines is 1. The Morgan fingerprint density at radius 3 is 2.64 bits per heavy atom. The number of ether oxygens (including phenoxy) is 1. The predicted octanol–water partition coefficient (Wildman–Crippen LogP) is 1.78. The summed E-state index contributed by atoms with van der Waals surface area (Å²) in [6.07, 6.45) is 0.102. The predicted molar refractivity (Wildman–Crippen MR) is 57.7 cm³/mol. The van der Waals surface area contributed by atoms with Crippen LogP contribution in [0, 0.1) is 5.41 Å². The third-order valence-electron chi connectivity index (χ3n) is 1.52. The third kappa shape index (κ3) is 2.97. The second-order valence-electron chi connectivity index (χ2n) is 3.20. The average molecular weight is 193 g/mol. The molecule has 0 fully saturated rings. The molecule has 0 spiro atoms. The van der Waals surface area contributed by atoms with Crippen molar-refractivity contribution >= 4 is 11.6 Å². The first-order chi connectivity index (χ1) is 6.59. The number of para-hydroxylation sites is 2. The van der Waals surface area contributed by atoms with Crippen molar-refractivity contribution in [2.45, 2.75) is 20.0 Å². The number of rotatable bonds is 3. The Morgan fingerprint density at radius 2 is 2.07 bits per heavy atom. The van der Waals surface area contributed by atoms with Crippen LogP contribution in [-0.2, 0) is 0 Å². The summed E-state index contributed by atoms with van der Waals surface area (Å²) in [5.41, 5.74) is 5.96. The Kier molecular flexibility index (Phi) is 3.34. The molecule has 1 aromatic carbocycles. The van der Waals surface area contributed by atoms with E-state index in [1.54, 1.807) is 0 Å². The van der Waals surface area contributed by atoms with Crippen LogP contribution < -0.4 is 15.8 Å². The minimum Gasteiger partial charge on any atom is -0.489 e. The van der Waals surface area contributed by atoms with Gasteiger partial charge in [0.2, 0.25) is 0 Å². The van der Waals surface area contributed by atoms with Crippen LogP contribution in [0.3, 0.4) is 0 Å². The lowest BCUT2D eigenvalue weighted by molar-refractivity contribution is 0.244. The summed E-state index contributed by atoms with van der Waals surface area (Å²) in [7, 11) is 0. The minimum atomic E-state index is -0.0928. The highest BCUT2D eigenvalue weighted by molar-refractivity contribution is 5.91. The second-order valence-corrected chi connectivity index (χ2v) is 3.20. The van der Waals surface area contributed by atoms with Crippen LogP contribution in [0.25, 0.3) is 0 Å². The SMILES string of the molecule is CC(C)Oc1ccccc1NC(=N)N. The summed E-state index contributed by atoms with van der Waals surface area (Å²) in [6.45, 7) is 3.90. The van der Waals surface area contributed by atoms with Crippen molar-refractivity contribution in [3.8, 4) is 5.75 Å². The molecule has 0 saturated heterocycles. The van der Waals surface area contributed by atoms with Gasteiger partial charge in [-0.3, -0.25) is 5.41 Å². The zero-order chi connectivity index (χ0) is 10.6. The van der Waals surface area contributed by atoms with E-state index in [1.165, 1.54) is 0 Å². The number of nitrogens with two attached hydrogens (primary N) is 1. The molecule has 76 valence electrons. The summed E-state index contributed by atoms with van der Waals surface area (Å²) >= 11 is 0. The standard InChI is InChI=1S/C10H15N3O/c1-7(2)14-9-6-4-3-5-8(9)13-10(11)12/h3-7H,1-2H3,(H4,11,12,13). The molecular formula is C10H15N3O. The highest BCUT2D eigenvalue weighted by atomic mass is 16.5. The van der Waals surface area contributed by atoms with Gasteiger partial charge in [-0.15, -0.1) is 0 Å². The second kappa shape index (κ2) is 4.50. The van der Waals surface area contributed by atoms with Gasteiger partial charge in [-0.2, -0.15) is 0 Å². The molecule has 1 rings (SSSR count). The van der Waals surface area contributed by atoms with Crippen LogP contribution >= 0.6 is 0 Å². The fourth-order valence-electron chi connectivity index (χ4n) is 1.07.